The lowest BCUT2D eigenvalue weighted by atomic mass is 10.1. The Kier molecular flexibility index (Phi) is 6.43. The summed E-state index contributed by atoms with van der Waals surface area (Å²) in [5.74, 6) is 0.731. The highest BCUT2D eigenvalue weighted by atomic mass is 19.1. The summed E-state index contributed by atoms with van der Waals surface area (Å²) in [6, 6.07) is 20.5. The summed E-state index contributed by atoms with van der Waals surface area (Å²) in [5, 5.41) is 0. The Morgan fingerprint density at radius 1 is 0.929 bits per heavy atom. The van der Waals surface area contributed by atoms with Gasteiger partial charge in [-0.2, -0.15) is 0 Å². The normalized spacial score (nSPS) is 11.7. The molecule has 3 aromatic rings. The number of halogens is 1. The Balaban J connectivity index is 1.63. The van der Waals surface area contributed by atoms with Crippen molar-refractivity contribution in [2.45, 2.75) is 20.3 Å². The summed E-state index contributed by atoms with van der Waals surface area (Å²) in [6.45, 7) is 5.02. The van der Waals surface area contributed by atoms with E-state index in [4.69, 9.17) is 9.47 Å². The summed E-state index contributed by atoms with van der Waals surface area (Å²) in [5.41, 5.74) is 2.22. The molecule has 0 aromatic heterocycles. The molecule has 0 aliphatic carbocycles. The molecule has 0 saturated carbocycles. The summed E-state index contributed by atoms with van der Waals surface area (Å²) < 4.78 is 24.3. The van der Waals surface area contributed by atoms with Crippen LogP contribution in [0.4, 0.5) is 4.39 Å². The van der Waals surface area contributed by atoms with Gasteiger partial charge in [0.15, 0.2) is 0 Å². The van der Waals surface area contributed by atoms with Gasteiger partial charge in [-0.15, -0.1) is 0 Å². The number of ether oxygens (including phenoxy) is 2. The van der Waals surface area contributed by atoms with Crippen molar-refractivity contribution in [1.82, 2.24) is 0 Å². The fourth-order valence-electron chi connectivity index (χ4n) is 2.60. The summed E-state index contributed by atoms with van der Waals surface area (Å²) >= 11 is 0. The molecule has 0 unspecified atom stereocenters. The zero-order chi connectivity index (χ0) is 19.9. The van der Waals surface area contributed by atoms with Crippen LogP contribution in [-0.2, 0) is 0 Å². The number of rotatable bonds is 7. The minimum Gasteiger partial charge on any atom is -0.493 e. The number of benzene rings is 3. The van der Waals surface area contributed by atoms with E-state index in [1.165, 1.54) is 18.2 Å². The molecule has 3 aromatic carbocycles. The third kappa shape index (κ3) is 5.19. The molecule has 0 N–H and O–H groups in total. The van der Waals surface area contributed by atoms with Crippen LogP contribution in [0.3, 0.4) is 0 Å². The first-order valence-corrected chi connectivity index (χ1v) is 9.36. The van der Waals surface area contributed by atoms with Crippen LogP contribution in [0.15, 0.2) is 72.8 Å². The molecule has 3 nitrogen and oxygen atoms in total. The van der Waals surface area contributed by atoms with Gasteiger partial charge in [-0.05, 0) is 59.5 Å². The second-order valence-corrected chi connectivity index (χ2v) is 6.77. The molecule has 144 valence electrons. The number of hydrogen-bond acceptors (Lipinski definition) is 3. The maximum atomic E-state index is 13.2. The topological polar surface area (TPSA) is 35.5 Å². The predicted octanol–water partition coefficient (Wildman–Crippen LogP) is 6.14. The molecule has 1 atom stereocenters. The molecule has 0 aliphatic heterocycles. The van der Waals surface area contributed by atoms with Gasteiger partial charge in [0.25, 0.3) is 0 Å². The van der Waals surface area contributed by atoms with Crippen molar-refractivity contribution in [2.75, 3.05) is 6.61 Å². The lowest BCUT2D eigenvalue weighted by Gasteiger charge is -2.11. The Morgan fingerprint density at radius 2 is 1.54 bits per heavy atom. The van der Waals surface area contributed by atoms with Gasteiger partial charge in [-0.25, -0.2) is 9.18 Å². The van der Waals surface area contributed by atoms with Crippen molar-refractivity contribution >= 4 is 5.97 Å². The summed E-state index contributed by atoms with van der Waals surface area (Å²) in [6.07, 6.45) is 1.09. The summed E-state index contributed by atoms with van der Waals surface area (Å²) in [4.78, 5) is 12.1. The Hall–Kier alpha value is -3.14. The van der Waals surface area contributed by atoms with Crippen molar-refractivity contribution in [3.05, 3.63) is 84.2 Å². The fourth-order valence-corrected chi connectivity index (χ4v) is 2.60. The third-order valence-electron chi connectivity index (χ3n) is 4.54. The molecule has 3 rings (SSSR count). The van der Waals surface area contributed by atoms with Crippen molar-refractivity contribution in [1.29, 1.82) is 0 Å². The van der Waals surface area contributed by atoms with Gasteiger partial charge in [0.2, 0.25) is 0 Å². The first-order valence-electron chi connectivity index (χ1n) is 9.36. The zero-order valence-corrected chi connectivity index (χ0v) is 16.0. The molecule has 0 fully saturated rings. The van der Waals surface area contributed by atoms with Gasteiger partial charge in [0.1, 0.15) is 17.3 Å². The smallest absolute Gasteiger partial charge is 0.343 e. The van der Waals surface area contributed by atoms with Gasteiger partial charge >= 0.3 is 5.97 Å². The van der Waals surface area contributed by atoms with Crippen LogP contribution in [-0.4, -0.2) is 12.6 Å². The van der Waals surface area contributed by atoms with Crippen LogP contribution < -0.4 is 9.47 Å². The molecule has 0 amide bonds. The largest absolute Gasteiger partial charge is 0.493 e. The van der Waals surface area contributed by atoms with Crippen molar-refractivity contribution in [3.8, 4) is 22.6 Å². The van der Waals surface area contributed by atoms with E-state index in [1.807, 2.05) is 36.4 Å². The Morgan fingerprint density at radius 3 is 2.11 bits per heavy atom. The number of hydrogen-bond donors (Lipinski definition) is 0. The highest BCUT2D eigenvalue weighted by Gasteiger charge is 2.09. The molecule has 0 heterocycles. The lowest BCUT2D eigenvalue weighted by Crippen LogP contribution is -2.08. The fraction of sp³-hybridized carbons (Fsp3) is 0.208. The minimum atomic E-state index is -0.588. The third-order valence-corrected chi connectivity index (χ3v) is 4.54. The highest BCUT2D eigenvalue weighted by Crippen LogP contribution is 2.25. The average molecular weight is 378 g/mol. The van der Waals surface area contributed by atoms with Crippen LogP contribution >= 0.6 is 0 Å². The molecule has 4 heteroatoms. The van der Waals surface area contributed by atoms with E-state index < -0.39 is 11.8 Å². The standard InChI is InChI=1S/C24H23FO3/c1-3-17(2)16-27-22-11-7-18(8-12-22)19-9-13-23(14-10-19)28-24(26)20-5-4-6-21(25)15-20/h4-15,17H,3,16H2,1-2H3/t17-/m0/s1. The van der Waals surface area contributed by atoms with E-state index >= 15 is 0 Å². The molecule has 0 radical (unpaired) electrons. The minimum absolute atomic E-state index is 0.178. The molecule has 0 spiro atoms. The SMILES string of the molecule is CC[C@H](C)COc1ccc(-c2ccc(OC(=O)c3cccc(F)c3)cc2)cc1. The van der Waals surface area contributed by atoms with Gasteiger partial charge < -0.3 is 9.47 Å². The quantitative estimate of drug-likeness (QED) is 0.366. The van der Waals surface area contributed by atoms with E-state index in [1.54, 1.807) is 12.1 Å². The Bertz CT molecular complexity index is 917. The van der Waals surface area contributed by atoms with Crippen molar-refractivity contribution in [2.24, 2.45) is 5.92 Å². The zero-order valence-electron chi connectivity index (χ0n) is 16.0. The van der Waals surface area contributed by atoms with E-state index in [0.717, 1.165) is 29.4 Å². The molecule has 0 aliphatic rings. The van der Waals surface area contributed by atoms with Gasteiger partial charge in [0, 0.05) is 0 Å². The van der Waals surface area contributed by atoms with E-state index in [9.17, 15) is 9.18 Å². The van der Waals surface area contributed by atoms with Gasteiger partial charge in [0.05, 0.1) is 12.2 Å². The maximum absolute atomic E-state index is 13.2. The second-order valence-electron chi connectivity index (χ2n) is 6.77. The van der Waals surface area contributed by atoms with Crippen LogP contribution in [0.2, 0.25) is 0 Å². The average Bonchev–Trinajstić information content (AvgIpc) is 2.73. The molecule has 0 bridgehead atoms. The van der Waals surface area contributed by atoms with Crippen LogP contribution in [0.25, 0.3) is 11.1 Å². The number of esters is 1. The van der Waals surface area contributed by atoms with Gasteiger partial charge in [-0.1, -0.05) is 50.6 Å². The number of carbonyl (C=O) groups excluding carboxylic acids is 1. The molecule has 0 saturated heterocycles. The monoisotopic (exact) mass is 378 g/mol. The first-order chi connectivity index (χ1) is 13.5. The first kappa shape index (κ1) is 19.6. The van der Waals surface area contributed by atoms with E-state index in [2.05, 4.69) is 13.8 Å². The predicted molar refractivity (Wildman–Crippen MR) is 108 cm³/mol. The number of carbonyl (C=O) groups is 1. The summed E-state index contributed by atoms with van der Waals surface area (Å²) in [7, 11) is 0. The second kappa shape index (κ2) is 9.18. The van der Waals surface area contributed by atoms with Crippen LogP contribution in [0.5, 0.6) is 11.5 Å². The van der Waals surface area contributed by atoms with E-state index in [-0.39, 0.29) is 5.56 Å². The Labute approximate surface area is 164 Å². The lowest BCUT2D eigenvalue weighted by molar-refractivity contribution is 0.0734. The van der Waals surface area contributed by atoms with Crippen molar-refractivity contribution < 1.29 is 18.7 Å². The molecule has 28 heavy (non-hydrogen) atoms. The van der Waals surface area contributed by atoms with Crippen LogP contribution in [0, 0.1) is 11.7 Å². The molecular formula is C24H23FO3. The van der Waals surface area contributed by atoms with Crippen molar-refractivity contribution in [3.63, 3.8) is 0 Å². The highest BCUT2D eigenvalue weighted by molar-refractivity contribution is 5.91. The maximum Gasteiger partial charge on any atom is 0.343 e. The van der Waals surface area contributed by atoms with Crippen LogP contribution in [0.1, 0.15) is 30.6 Å². The van der Waals surface area contributed by atoms with E-state index in [0.29, 0.717) is 18.3 Å². The van der Waals surface area contributed by atoms with Gasteiger partial charge in [-0.3, -0.25) is 0 Å². The molecular weight excluding hydrogens is 355 g/mol.